The fourth-order valence-corrected chi connectivity index (χ4v) is 1.70. The van der Waals surface area contributed by atoms with Gasteiger partial charge in [0.25, 0.3) is 5.91 Å². The van der Waals surface area contributed by atoms with Crippen LogP contribution >= 0.6 is 23.2 Å². The van der Waals surface area contributed by atoms with Crippen LogP contribution in [0.2, 0.25) is 10.0 Å². The van der Waals surface area contributed by atoms with Gasteiger partial charge in [-0.15, -0.1) is 0 Å². The number of hydrogen-bond donors (Lipinski definition) is 2. The maximum atomic E-state index is 11.6. The third-order valence-corrected chi connectivity index (χ3v) is 2.74. The molecular weight excluding hydrogens is 293 g/mol. The second-order valence-electron chi connectivity index (χ2n) is 3.77. The van der Waals surface area contributed by atoms with Gasteiger partial charge in [0.2, 0.25) is 0 Å². The topological polar surface area (TPSA) is 75.6 Å². The van der Waals surface area contributed by atoms with Crippen LogP contribution in [-0.4, -0.2) is 29.6 Å². The number of carboxylic acids is 1. The summed E-state index contributed by atoms with van der Waals surface area (Å²) < 4.78 is 5.37. The first kappa shape index (κ1) is 15.6. The van der Waals surface area contributed by atoms with Crippen molar-refractivity contribution in [1.82, 2.24) is 5.32 Å². The largest absolute Gasteiger partial charge is 0.481 e. The van der Waals surface area contributed by atoms with Gasteiger partial charge in [0, 0.05) is 11.6 Å². The van der Waals surface area contributed by atoms with Crippen molar-refractivity contribution in [3.8, 4) is 5.75 Å². The Hall–Kier alpha value is -1.46. The molecule has 1 amide bonds. The maximum absolute atomic E-state index is 11.6. The molecule has 19 heavy (non-hydrogen) atoms. The second-order valence-corrected chi connectivity index (χ2v) is 4.61. The van der Waals surface area contributed by atoms with Crippen molar-refractivity contribution in [2.24, 2.45) is 0 Å². The number of aliphatic carboxylic acids is 1. The van der Waals surface area contributed by atoms with Crippen LogP contribution in [0.25, 0.3) is 0 Å². The molecule has 0 fully saturated rings. The van der Waals surface area contributed by atoms with Crippen molar-refractivity contribution in [3.05, 3.63) is 28.2 Å². The SMILES string of the molecule is CC(Oc1ccc(Cl)cc1Cl)C(=O)NCCC(=O)O. The van der Waals surface area contributed by atoms with Gasteiger partial charge in [0.05, 0.1) is 11.4 Å². The number of carbonyl (C=O) groups is 2. The Kier molecular flexibility index (Phi) is 5.92. The van der Waals surface area contributed by atoms with E-state index in [0.29, 0.717) is 15.8 Å². The fraction of sp³-hybridized carbons (Fsp3) is 0.333. The molecule has 0 saturated carbocycles. The highest BCUT2D eigenvalue weighted by molar-refractivity contribution is 6.35. The lowest BCUT2D eigenvalue weighted by Gasteiger charge is -2.15. The highest BCUT2D eigenvalue weighted by Gasteiger charge is 2.16. The van der Waals surface area contributed by atoms with Gasteiger partial charge in [-0.05, 0) is 25.1 Å². The Labute approximate surface area is 120 Å². The summed E-state index contributed by atoms with van der Waals surface area (Å²) in [6.07, 6.45) is -0.923. The number of rotatable bonds is 6. The highest BCUT2D eigenvalue weighted by atomic mass is 35.5. The Morgan fingerprint density at radius 2 is 2.11 bits per heavy atom. The molecule has 0 heterocycles. The van der Waals surface area contributed by atoms with Crippen LogP contribution in [-0.2, 0) is 9.59 Å². The fourth-order valence-electron chi connectivity index (χ4n) is 1.25. The number of carboxylic acid groups (broad SMARTS) is 1. The maximum Gasteiger partial charge on any atom is 0.305 e. The molecule has 5 nitrogen and oxygen atoms in total. The van der Waals surface area contributed by atoms with Crippen molar-refractivity contribution in [2.75, 3.05) is 6.54 Å². The lowest BCUT2D eigenvalue weighted by atomic mass is 10.3. The molecule has 0 aliphatic carbocycles. The molecule has 1 atom stereocenters. The van der Waals surface area contributed by atoms with Crippen molar-refractivity contribution in [2.45, 2.75) is 19.4 Å². The first-order chi connectivity index (χ1) is 8.90. The van der Waals surface area contributed by atoms with E-state index in [2.05, 4.69) is 5.32 Å². The lowest BCUT2D eigenvalue weighted by Crippen LogP contribution is -2.37. The minimum atomic E-state index is -0.977. The number of benzene rings is 1. The van der Waals surface area contributed by atoms with E-state index in [-0.39, 0.29) is 13.0 Å². The Balaban J connectivity index is 2.51. The Morgan fingerprint density at radius 1 is 1.42 bits per heavy atom. The van der Waals surface area contributed by atoms with Crippen LogP contribution in [0, 0.1) is 0 Å². The summed E-state index contributed by atoms with van der Waals surface area (Å²) >= 11 is 11.6. The van der Waals surface area contributed by atoms with Crippen LogP contribution < -0.4 is 10.1 Å². The van der Waals surface area contributed by atoms with Crippen molar-refractivity contribution < 1.29 is 19.4 Å². The monoisotopic (exact) mass is 305 g/mol. The van der Waals surface area contributed by atoms with Crippen LogP contribution in [0.1, 0.15) is 13.3 Å². The number of hydrogen-bond acceptors (Lipinski definition) is 3. The Bertz CT molecular complexity index is 479. The van der Waals surface area contributed by atoms with Crippen molar-refractivity contribution >= 4 is 35.1 Å². The average Bonchev–Trinajstić information content (AvgIpc) is 2.32. The molecule has 7 heteroatoms. The third-order valence-electron chi connectivity index (χ3n) is 2.20. The molecule has 0 spiro atoms. The van der Waals surface area contributed by atoms with Gasteiger partial charge in [-0.25, -0.2) is 0 Å². The van der Waals surface area contributed by atoms with Gasteiger partial charge in [0.15, 0.2) is 6.10 Å². The number of ether oxygens (including phenoxy) is 1. The molecule has 1 aromatic rings. The lowest BCUT2D eigenvalue weighted by molar-refractivity contribution is -0.137. The van der Waals surface area contributed by atoms with Gasteiger partial charge < -0.3 is 15.2 Å². The predicted molar refractivity (Wildman–Crippen MR) is 71.8 cm³/mol. The second kappa shape index (κ2) is 7.21. The summed E-state index contributed by atoms with van der Waals surface area (Å²) in [6, 6.07) is 4.66. The number of amides is 1. The van der Waals surface area contributed by atoms with Crippen LogP contribution in [0.5, 0.6) is 5.75 Å². The molecule has 2 N–H and O–H groups in total. The average molecular weight is 306 g/mol. The summed E-state index contributed by atoms with van der Waals surface area (Å²) in [7, 11) is 0. The van der Waals surface area contributed by atoms with E-state index in [1.165, 1.54) is 6.07 Å². The van der Waals surface area contributed by atoms with E-state index >= 15 is 0 Å². The van der Waals surface area contributed by atoms with Gasteiger partial charge in [-0.1, -0.05) is 23.2 Å². The third kappa shape index (κ3) is 5.36. The van der Waals surface area contributed by atoms with Crippen LogP contribution in [0.15, 0.2) is 18.2 Å². The summed E-state index contributed by atoms with van der Waals surface area (Å²) in [4.78, 5) is 21.9. The minimum Gasteiger partial charge on any atom is -0.481 e. The van der Waals surface area contributed by atoms with Gasteiger partial charge in [-0.2, -0.15) is 0 Å². The van der Waals surface area contributed by atoms with E-state index in [0.717, 1.165) is 0 Å². The summed E-state index contributed by atoms with van der Waals surface area (Å²) in [5.41, 5.74) is 0. The summed E-state index contributed by atoms with van der Waals surface area (Å²) in [5, 5.41) is 11.7. The molecular formula is C12H13Cl2NO4. The molecule has 0 aliphatic rings. The van der Waals surface area contributed by atoms with Gasteiger partial charge in [0.1, 0.15) is 5.75 Å². The van der Waals surface area contributed by atoms with Crippen LogP contribution in [0.4, 0.5) is 0 Å². The van der Waals surface area contributed by atoms with Gasteiger partial charge >= 0.3 is 5.97 Å². The van der Waals surface area contributed by atoms with Crippen LogP contribution in [0.3, 0.4) is 0 Å². The first-order valence-corrected chi connectivity index (χ1v) is 6.27. The standard InChI is InChI=1S/C12H13Cl2NO4/c1-7(12(18)15-5-4-11(16)17)19-10-3-2-8(13)6-9(10)14/h2-3,6-7H,4-5H2,1H3,(H,15,18)(H,16,17). The Morgan fingerprint density at radius 3 is 2.68 bits per heavy atom. The van der Waals surface area contributed by atoms with Gasteiger partial charge in [-0.3, -0.25) is 9.59 Å². The van der Waals surface area contributed by atoms with Crippen molar-refractivity contribution in [1.29, 1.82) is 0 Å². The molecule has 0 aliphatic heterocycles. The predicted octanol–water partition coefficient (Wildman–Crippen LogP) is 2.35. The zero-order valence-corrected chi connectivity index (χ0v) is 11.7. The minimum absolute atomic E-state index is 0.0518. The molecule has 0 aromatic heterocycles. The molecule has 1 unspecified atom stereocenters. The van der Waals surface area contributed by atoms with E-state index < -0.39 is 18.0 Å². The quantitative estimate of drug-likeness (QED) is 0.846. The molecule has 0 radical (unpaired) electrons. The number of halogens is 2. The first-order valence-electron chi connectivity index (χ1n) is 5.51. The molecule has 0 saturated heterocycles. The number of carbonyl (C=O) groups excluding carboxylic acids is 1. The van der Waals surface area contributed by atoms with E-state index in [1.54, 1.807) is 19.1 Å². The van der Waals surface area contributed by atoms with E-state index in [1.807, 2.05) is 0 Å². The molecule has 104 valence electrons. The zero-order chi connectivity index (χ0) is 14.4. The zero-order valence-electron chi connectivity index (χ0n) is 10.2. The highest BCUT2D eigenvalue weighted by Crippen LogP contribution is 2.28. The van der Waals surface area contributed by atoms with E-state index in [4.69, 9.17) is 33.0 Å². The molecule has 1 rings (SSSR count). The summed E-state index contributed by atoms with van der Waals surface area (Å²) in [6.45, 7) is 1.59. The summed E-state index contributed by atoms with van der Waals surface area (Å²) in [5.74, 6) is -1.05. The number of nitrogens with one attached hydrogen (secondary N) is 1. The normalized spacial score (nSPS) is 11.7. The molecule has 1 aromatic carbocycles. The molecule has 0 bridgehead atoms. The smallest absolute Gasteiger partial charge is 0.305 e. The van der Waals surface area contributed by atoms with Crippen molar-refractivity contribution in [3.63, 3.8) is 0 Å². The van der Waals surface area contributed by atoms with E-state index in [9.17, 15) is 9.59 Å².